The molecule has 3 aromatic carbocycles. The van der Waals surface area contributed by atoms with Crippen LogP contribution in [0.1, 0.15) is 48.0 Å². The van der Waals surface area contributed by atoms with Crippen LogP contribution in [0.25, 0.3) is 16.9 Å². The molecule has 3 N–H and O–H groups in total. The molecule has 0 bridgehead atoms. The predicted octanol–water partition coefficient (Wildman–Crippen LogP) is 4.70. The van der Waals surface area contributed by atoms with Crippen molar-refractivity contribution in [3.63, 3.8) is 0 Å². The Morgan fingerprint density at radius 1 is 0.905 bits per heavy atom. The maximum absolute atomic E-state index is 12.9. The first-order valence-electron chi connectivity index (χ1n) is 13.9. The number of anilines is 1. The van der Waals surface area contributed by atoms with Crippen LogP contribution >= 0.6 is 0 Å². The van der Waals surface area contributed by atoms with Gasteiger partial charge in [-0.05, 0) is 61.4 Å². The van der Waals surface area contributed by atoms with E-state index in [9.17, 15) is 14.4 Å². The zero-order chi connectivity index (χ0) is 29.3. The molecule has 0 aliphatic heterocycles. The molecule has 0 saturated heterocycles. The fourth-order valence-corrected chi connectivity index (χ4v) is 4.86. The number of methoxy groups -OCH3 is 1. The molecule has 42 heavy (non-hydrogen) atoms. The van der Waals surface area contributed by atoms with E-state index >= 15 is 0 Å². The molecule has 1 aromatic heterocycles. The van der Waals surface area contributed by atoms with Crippen LogP contribution in [0, 0.1) is 0 Å². The number of aromatic nitrogens is 2. The number of rotatable bonds is 8. The molecule has 1 aliphatic rings. The third-order valence-electron chi connectivity index (χ3n) is 7.06. The normalized spacial score (nSPS) is 13.5. The standard InChI is InChI=1S/C32H32N6O4/c1-42-26-18-16-22(17-19-26)29-23(21-38(37-29)25-12-6-3-7-13-25)20-33-36-32(41)31(40)35-28-15-9-8-14-27(28)30(39)34-24-10-4-2-5-11-24/h3,6-9,12-21,24H,2,4-5,10-11H2,1H3,(H,34,39)(H,35,40)(H,36,41)/b33-20+. The minimum atomic E-state index is -0.977. The molecule has 3 amide bonds. The Bertz CT molecular complexity index is 1570. The molecule has 4 aromatic rings. The maximum atomic E-state index is 12.9. The first-order chi connectivity index (χ1) is 20.5. The number of ether oxygens (including phenoxy) is 1. The molecule has 0 unspecified atom stereocenters. The summed E-state index contributed by atoms with van der Waals surface area (Å²) in [5, 5.41) is 14.3. The van der Waals surface area contributed by atoms with E-state index in [1.165, 1.54) is 12.6 Å². The van der Waals surface area contributed by atoms with Crippen LogP contribution in [0.15, 0.2) is 90.2 Å². The Balaban J connectivity index is 1.28. The number of nitrogens with zero attached hydrogens (tertiary/aromatic N) is 3. The maximum Gasteiger partial charge on any atom is 0.329 e. The molecule has 0 radical (unpaired) electrons. The molecule has 0 spiro atoms. The van der Waals surface area contributed by atoms with E-state index in [2.05, 4.69) is 21.2 Å². The van der Waals surface area contributed by atoms with Crippen molar-refractivity contribution in [1.82, 2.24) is 20.5 Å². The minimum Gasteiger partial charge on any atom is -0.497 e. The number of para-hydroxylation sites is 2. The SMILES string of the molecule is COc1ccc(-c2nn(-c3ccccc3)cc2/C=N/NC(=O)C(=O)Nc2ccccc2C(=O)NC2CCCCC2)cc1. The van der Waals surface area contributed by atoms with Gasteiger partial charge in [-0.1, -0.05) is 49.6 Å². The third kappa shape index (κ3) is 6.90. The predicted molar refractivity (Wildman–Crippen MR) is 161 cm³/mol. The molecule has 10 heteroatoms. The van der Waals surface area contributed by atoms with E-state index in [-0.39, 0.29) is 17.6 Å². The van der Waals surface area contributed by atoms with Crippen LogP contribution in [0.3, 0.4) is 0 Å². The summed E-state index contributed by atoms with van der Waals surface area (Å²) in [6.45, 7) is 0. The van der Waals surface area contributed by atoms with E-state index in [1.807, 2.05) is 54.6 Å². The lowest BCUT2D eigenvalue weighted by Crippen LogP contribution is -2.37. The largest absolute Gasteiger partial charge is 0.497 e. The van der Waals surface area contributed by atoms with Gasteiger partial charge in [-0.15, -0.1) is 0 Å². The number of hydrogen-bond donors (Lipinski definition) is 3. The average molecular weight is 565 g/mol. The molecule has 1 aliphatic carbocycles. The van der Waals surface area contributed by atoms with Crippen LogP contribution in [-0.4, -0.2) is 46.9 Å². The van der Waals surface area contributed by atoms with Gasteiger partial charge in [0.25, 0.3) is 5.91 Å². The van der Waals surface area contributed by atoms with E-state index in [1.54, 1.807) is 42.3 Å². The highest BCUT2D eigenvalue weighted by Crippen LogP contribution is 2.25. The molecular weight excluding hydrogens is 532 g/mol. The van der Waals surface area contributed by atoms with Crippen molar-refractivity contribution in [2.24, 2.45) is 5.10 Å². The van der Waals surface area contributed by atoms with Crippen LogP contribution in [0.2, 0.25) is 0 Å². The van der Waals surface area contributed by atoms with E-state index in [0.717, 1.165) is 36.9 Å². The van der Waals surface area contributed by atoms with Crippen molar-refractivity contribution < 1.29 is 19.1 Å². The van der Waals surface area contributed by atoms with Gasteiger partial charge in [0.05, 0.1) is 30.3 Å². The number of hydrogen-bond acceptors (Lipinski definition) is 6. The lowest BCUT2D eigenvalue weighted by Gasteiger charge is -2.23. The van der Waals surface area contributed by atoms with Gasteiger partial charge in [0.1, 0.15) is 11.4 Å². The number of benzene rings is 3. The van der Waals surface area contributed by atoms with Gasteiger partial charge in [0.15, 0.2) is 0 Å². The highest BCUT2D eigenvalue weighted by Gasteiger charge is 2.21. The zero-order valence-electron chi connectivity index (χ0n) is 23.2. The Morgan fingerprint density at radius 3 is 2.36 bits per heavy atom. The number of nitrogens with one attached hydrogen (secondary N) is 3. The lowest BCUT2D eigenvalue weighted by atomic mass is 9.95. The minimum absolute atomic E-state index is 0.113. The topological polar surface area (TPSA) is 127 Å². The highest BCUT2D eigenvalue weighted by molar-refractivity contribution is 6.40. The molecule has 1 saturated carbocycles. The van der Waals surface area contributed by atoms with E-state index < -0.39 is 11.8 Å². The summed E-state index contributed by atoms with van der Waals surface area (Å²) in [5.41, 5.74) is 5.73. The molecule has 10 nitrogen and oxygen atoms in total. The number of carbonyl (C=O) groups excluding carboxylic acids is 3. The van der Waals surface area contributed by atoms with Crippen molar-refractivity contribution in [3.8, 4) is 22.7 Å². The number of carbonyl (C=O) groups is 3. The van der Waals surface area contributed by atoms with Gasteiger partial charge in [-0.3, -0.25) is 14.4 Å². The van der Waals surface area contributed by atoms with Crippen LogP contribution in [-0.2, 0) is 9.59 Å². The lowest BCUT2D eigenvalue weighted by molar-refractivity contribution is -0.136. The molecule has 5 rings (SSSR count). The van der Waals surface area contributed by atoms with Gasteiger partial charge >= 0.3 is 11.8 Å². The fraction of sp³-hybridized carbons (Fsp3) is 0.219. The van der Waals surface area contributed by atoms with Gasteiger partial charge in [0, 0.05) is 23.4 Å². The van der Waals surface area contributed by atoms with Crippen molar-refractivity contribution >= 4 is 29.6 Å². The number of hydrazone groups is 1. The smallest absolute Gasteiger partial charge is 0.329 e. The summed E-state index contributed by atoms with van der Waals surface area (Å²) in [4.78, 5) is 38.2. The summed E-state index contributed by atoms with van der Waals surface area (Å²) in [6, 6.07) is 23.7. The first-order valence-corrected chi connectivity index (χ1v) is 13.9. The summed E-state index contributed by atoms with van der Waals surface area (Å²) >= 11 is 0. The summed E-state index contributed by atoms with van der Waals surface area (Å²) in [5.74, 6) is -1.49. The summed E-state index contributed by atoms with van der Waals surface area (Å²) in [7, 11) is 1.60. The van der Waals surface area contributed by atoms with Crippen molar-refractivity contribution in [3.05, 3.63) is 96.2 Å². The molecule has 214 valence electrons. The van der Waals surface area contributed by atoms with Crippen molar-refractivity contribution in [2.75, 3.05) is 12.4 Å². The Kier molecular flexibility index (Phi) is 9.03. The van der Waals surface area contributed by atoms with Crippen LogP contribution in [0.4, 0.5) is 5.69 Å². The van der Waals surface area contributed by atoms with Crippen molar-refractivity contribution in [2.45, 2.75) is 38.1 Å². The Hall–Kier alpha value is -5.25. The van der Waals surface area contributed by atoms with Gasteiger partial charge in [0.2, 0.25) is 0 Å². The second-order valence-electron chi connectivity index (χ2n) is 9.95. The fourth-order valence-electron chi connectivity index (χ4n) is 4.86. The van der Waals surface area contributed by atoms with Crippen LogP contribution in [0.5, 0.6) is 5.75 Å². The van der Waals surface area contributed by atoms with E-state index in [4.69, 9.17) is 9.84 Å². The molecule has 1 fully saturated rings. The van der Waals surface area contributed by atoms with Gasteiger partial charge < -0.3 is 15.4 Å². The average Bonchev–Trinajstić information content (AvgIpc) is 3.46. The molecular formula is C32H32N6O4. The van der Waals surface area contributed by atoms with Gasteiger partial charge in [-0.25, -0.2) is 10.1 Å². The molecule has 0 atom stereocenters. The second kappa shape index (κ2) is 13.4. The molecule has 1 heterocycles. The van der Waals surface area contributed by atoms with Crippen LogP contribution < -0.4 is 20.8 Å². The van der Waals surface area contributed by atoms with E-state index in [0.29, 0.717) is 22.6 Å². The monoisotopic (exact) mass is 564 g/mol. The second-order valence-corrected chi connectivity index (χ2v) is 9.95. The third-order valence-corrected chi connectivity index (χ3v) is 7.06. The Morgan fingerprint density at radius 2 is 1.62 bits per heavy atom. The van der Waals surface area contributed by atoms with Crippen molar-refractivity contribution in [1.29, 1.82) is 0 Å². The zero-order valence-corrected chi connectivity index (χ0v) is 23.2. The summed E-state index contributed by atoms with van der Waals surface area (Å²) < 4.78 is 6.97. The Labute approximate surface area is 243 Å². The first kappa shape index (κ1) is 28.3. The quantitative estimate of drug-likeness (QED) is 0.162. The summed E-state index contributed by atoms with van der Waals surface area (Å²) in [6.07, 6.45) is 8.43. The highest BCUT2D eigenvalue weighted by atomic mass is 16.5. The number of amides is 3. The van der Waals surface area contributed by atoms with Gasteiger partial charge in [-0.2, -0.15) is 10.2 Å².